The van der Waals surface area contributed by atoms with Gasteiger partial charge in [0, 0.05) is 65.4 Å². The van der Waals surface area contributed by atoms with Crippen molar-refractivity contribution >= 4 is 36.2 Å². The fourth-order valence-corrected chi connectivity index (χ4v) is 0. The third kappa shape index (κ3) is 32.5. The molecular formula is C2H2S2Y2-2. The smallest absolute Gasteiger partial charge is 0 e. The molecule has 0 fully saturated rings. The zero-order valence-electron chi connectivity index (χ0n) is 3.13. The third-order valence-corrected chi connectivity index (χ3v) is 0. The van der Waals surface area contributed by atoms with E-state index in [-0.39, 0.29) is 65.4 Å². The maximum atomic E-state index is 4.08. The fraction of sp³-hybridized carbons (Fsp3) is 0. The molecule has 0 bridgehead atoms. The maximum absolute atomic E-state index is 4.08. The Bertz CT molecular complexity index is 11.5. The summed E-state index contributed by atoms with van der Waals surface area (Å²) in [5, 5.41) is 0. The van der Waals surface area contributed by atoms with Gasteiger partial charge in [-0.15, -0.1) is 0 Å². The van der Waals surface area contributed by atoms with Crippen molar-refractivity contribution in [1.29, 1.82) is 0 Å². The zero-order chi connectivity index (χ0) is 4.00. The van der Waals surface area contributed by atoms with Crippen molar-refractivity contribution in [2.75, 3.05) is 0 Å². The first-order valence-electron chi connectivity index (χ1n) is 0.471. The van der Waals surface area contributed by atoms with Gasteiger partial charge in [0.15, 0.2) is 0 Å². The van der Waals surface area contributed by atoms with Crippen molar-refractivity contribution in [3.63, 3.8) is 0 Å². The molecule has 0 spiro atoms. The number of hydrogen-bond acceptors (Lipinski definition) is 2. The van der Waals surface area contributed by atoms with Gasteiger partial charge in [-0.25, -0.2) is 0 Å². The standard InChI is InChI=1S/2CHS.2Y/c2*1-2;;/h2*1H;;/q2*-1;;. The van der Waals surface area contributed by atoms with E-state index in [1.54, 1.807) is 0 Å². The molecule has 4 heteroatoms. The molecule has 6 heavy (non-hydrogen) atoms. The second kappa shape index (κ2) is 52.9. The summed E-state index contributed by atoms with van der Waals surface area (Å²) in [6.45, 7) is 0. The molecule has 0 atom stereocenters. The molecule has 0 heterocycles. The number of thiocarbonyl (C=S) groups is 2. The van der Waals surface area contributed by atoms with E-state index in [0.717, 1.165) is 0 Å². The van der Waals surface area contributed by atoms with Crippen LogP contribution in [0.4, 0.5) is 0 Å². The van der Waals surface area contributed by atoms with E-state index >= 15 is 0 Å². The molecule has 0 rings (SSSR count). The van der Waals surface area contributed by atoms with E-state index in [1.165, 1.54) is 0 Å². The summed E-state index contributed by atoms with van der Waals surface area (Å²) < 4.78 is 0. The molecule has 30 valence electrons. The summed E-state index contributed by atoms with van der Waals surface area (Å²) in [6, 6.07) is 0. The van der Waals surface area contributed by atoms with Crippen LogP contribution in [0.25, 0.3) is 0 Å². The Morgan fingerprint density at radius 3 is 0.667 bits per heavy atom. The van der Waals surface area contributed by atoms with Gasteiger partial charge in [0.2, 0.25) is 0 Å². The average molecular weight is 268 g/mol. The minimum Gasteiger partial charge on any atom is -0.442 e. The predicted molar refractivity (Wildman–Crippen MR) is 27.3 cm³/mol. The van der Waals surface area contributed by atoms with Crippen LogP contribution >= 0.6 is 24.4 Å². The minimum atomic E-state index is 0. The minimum absolute atomic E-state index is 0. The van der Waals surface area contributed by atoms with E-state index in [9.17, 15) is 0 Å². The van der Waals surface area contributed by atoms with Gasteiger partial charge in [-0.05, 0) is 0 Å². The van der Waals surface area contributed by atoms with Crippen LogP contribution in [0.2, 0.25) is 0 Å². The van der Waals surface area contributed by atoms with Crippen LogP contribution in [0.5, 0.6) is 0 Å². The zero-order valence-corrected chi connectivity index (χ0v) is 10.4. The third-order valence-electron chi connectivity index (χ3n) is 0. The van der Waals surface area contributed by atoms with Crippen LogP contribution < -0.4 is 0 Å². The second-order valence-corrected chi connectivity index (χ2v) is 0. The van der Waals surface area contributed by atoms with Crippen molar-refractivity contribution in [2.24, 2.45) is 0 Å². The van der Waals surface area contributed by atoms with Crippen LogP contribution in [0.3, 0.4) is 0 Å². The van der Waals surface area contributed by atoms with Crippen molar-refractivity contribution < 1.29 is 65.4 Å². The average Bonchev–Trinajstić information content (AvgIpc) is 1.50. The topological polar surface area (TPSA) is 0 Å². The largest absolute Gasteiger partial charge is 0.442 e. The first-order valence-corrected chi connectivity index (χ1v) is 1.41. The summed E-state index contributed by atoms with van der Waals surface area (Å²) in [7, 11) is 0. The SMILES string of the molecule is [CH-]=S.[CH-]=S.[Y].[Y]. The molecule has 0 aliphatic carbocycles. The number of rotatable bonds is 0. The van der Waals surface area contributed by atoms with Gasteiger partial charge in [0.05, 0.1) is 0 Å². The summed E-state index contributed by atoms with van der Waals surface area (Å²) in [5.74, 6) is 8.17. The summed E-state index contributed by atoms with van der Waals surface area (Å²) >= 11 is 7.17. The quantitative estimate of drug-likeness (QED) is 0.474. The van der Waals surface area contributed by atoms with Crippen molar-refractivity contribution in [1.82, 2.24) is 0 Å². The Labute approximate surface area is 99.6 Å². The van der Waals surface area contributed by atoms with Crippen LogP contribution in [0, 0.1) is 0 Å². The second-order valence-electron chi connectivity index (χ2n) is 0. The van der Waals surface area contributed by atoms with Gasteiger partial charge in [-0.1, -0.05) is 0 Å². The van der Waals surface area contributed by atoms with E-state index in [0.29, 0.717) is 0 Å². The number of hydrogen-bond donors (Lipinski definition) is 0. The molecule has 0 aliphatic rings. The van der Waals surface area contributed by atoms with Gasteiger partial charge in [0.25, 0.3) is 0 Å². The summed E-state index contributed by atoms with van der Waals surface area (Å²) in [6.07, 6.45) is 0. The van der Waals surface area contributed by atoms with E-state index in [4.69, 9.17) is 0 Å². The van der Waals surface area contributed by atoms with Gasteiger partial charge in [0.1, 0.15) is 0 Å². The Balaban J connectivity index is -0.00000000500. The maximum Gasteiger partial charge on any atom is 0 e. The van der Waals surface area contributed by atoms with Gasteiger partial charge in [-0.3, -0.25) is 0 Å². The Kier molecular flexibility index (Phi) is 210. The Morgan fingerprint density at radius 1 is 0.667 bits per heavy atom. The van der Waals surface area contributed by atoms with Crippen LogP contribution in [0.15, 0.2) is 0 Å². The molecule has 0 amide bonds. The van der Waals surface area contributed by atoms with Crippen LogP contribution in [-0.4, -0.2) is 11.7 Å². The molecule has 2 radical (unpaired) electrons. The van der Waals surface area contributed by atoms with Gasteiger partial charge >= 0.3 is 0 Å². The van der Waals surface area contributed by atoms with E-state index in [1.807, 2.05) is 0 Å². The Morgan fingerprint density at radius 2 is 0.667 bits per heavy atom. The monoisotopic (exact) mass is 268 g/mol. The molecule has 0 aliphatic heterocycles. The Hall–Kier alpha value is 2.39. The van der Waals surface area contributed by atoms with Crippen molar-refractivity contribution in [3.8, 4) is 0 Å². The molecular weight excluding hydrogens is 266 g/mol. The molecule has 0 saturated heterocycles. The molecule has 0 saturated carbocycles. The molecule has 0 nitrogen and oxygen atoms in total. The van der Waals surface area contributed by atoms with E-state index < -0.39 is 0 Å². The normalized spacial score (nSPS) is 1.33. The fourth-order valence-electron chi connectivity index (χ4n) is 0. The molecule has 0 aromatic carbocycles. The van der Waals surface area contributed by atoms with Crippen LogP contribution in [-0.2, 0) is 65.4 Å². The first kappa shape index (κ1) is 23.8. The predicted octanol–water partition coefficient (Wildman–Crippen LogP) is 0.981. The first-order chi connectivity index (χ1) is 2.00. The van der Waals surface area contributed by atoms with Crippen molar-refractivity contribution in [3.05, 3.63) is 0 Å². The summed E-state index contributed by atoms with van der Waals surface area (Å²) in [4.78, 5) is 0. The van der Waals surface area contributed by atoms with Gasteiger partial charge < -0.3 is 36.2 Å². The molecule has 0 N–H and O–H groups in total. The van der Waals surface area contributed by atoms with Gasteiger partial charge in [-0.2, -0.15) is 0 Å². The molecule has 0 aromatic rings. The van der Waals surface area contributed by atoms with E-state index in [2.05, 4.69) is 36.2 Å². The van der Waals surface area contributed by atoms with Crippen LogP contribution in [0.1, 0.15) is 0 Å². The molecule has 0 unspecified atom stereocenters. The van der Waals surface area contributed by atoms with Crippen molar-refractivity contribution in [2.45, 2.75) is 0 Å². The molecule has 0 aromatic heterocycles. The summed E-state index contributed by atoms with van der Waals surface area (Å²) in [5.41, 5.74) is 0.